The second-order valence-electron chi connectivity index (χ2n) is 5.03. The van der Waals surface area contributed by atoms with E-state index < -0.39 is 10.0 Å². The Hall–Kier alpha value is -2.06. The average molecular weight is 339 g/mol. The third-order valence-corrected chi connectivity index (χ3v) is 5.08. The van der Waals surface area contributed by atoms with Crippen LogP contribution in [0.5, 0.6) is 11.5 Å². The summed E-state index contributed by atoms with van der Waals surface area (Å²) < 4.78 is 38.5. The molecule has 7 nitrogen and oxygen atoms in total. The van der Waals surface area contributed by atoms with Crippen molar-refractivity contribution in [1.82, 2.24) is 14.1 Å². The molecule has 2 aromatic rings. The summed E-state index contributed by atoms with van der Waals surface area (Å²) in [5.41, 5.74) is 0.806. The van der Waals surface area contributed by atoms with E-state index in [0.29, 0.717) is 18.1 Å². The van der Waals surface area contributed by atoms with E-state index in [-0.39, 0.29) is 11.4 Å². The van der Waals surface area contributed by atoms with Crippen LogP contribution in [0.1, 0.15) is 12.5 Å². The molecule has 1 heterocycles. The van der Waals surface area contributed by atoms with Crippen LogP contribution in [0.2, 0.25) is 0 Å². The highest BCUT2D eigenvalue weighted by atomic mass is 32.2. The van der Waals surface area contributed by atoms with Crippen molar-refractivity contribution in [1.29, 1.82) is 0 Å². The molecule has 0 aliphatic rings. The van der Waals surface area contributed by atoms with Crippen molar-refractivity contribution in [2.45, 2.75) is 18.4 Å². The van der Waals surface area contributed by atoms with Crippen molar-refractivity contribution in [2.24, 2.45) is 7.05 Å². The Kier molecular flexibility index (Phi) is 5.27. The second kappa shape index (κ2) is 7.01. The number of sulfonamides is 1. The van der Waals surface area contributed by atoms with Crippen LogP contribution in [0.4, 0.5) is 0 Å². The van der Waals surface area contributed by atoms with Gasteiger partial charge in [0.1, 0.15) is 4.90 Å². The zero-order chi connectivity index (χ0) is 17.0. The molecular formula is C15H21N3O4S. The minimum atomic E-state index is -3.58. The van der Waals surface area contributed by atoms with Gasteiger partial charge in [-0.25, -0.2) is 8.42 Å². The summed E-state index contributed by atoms with van der Waals surface area (Å²) in [6, 6.07) is 5.38. The van der Waals surface area contributed by atoms with E-state index >= 15 is 0 Å². The monoisotopic (exact) mass is 339 g/mol. The number of nitrogens with zero attached hydrogens (tertiary/aromatic N) is 3. The minimum Gasteiger partial charge on any atom is -0.493 e. The molecule has 0 saturated carbocycles. The van der Waals surface area contributed by atoms with Gasteiger partial charge in [0.25, 0.3) is 0 Å². The van der Waals surface area contributed by atoms with E-state index in [1.165, 1.54) is 28.4 Å². The summed E-state index contributed by atoms with van der Waals surface area (Å²) in [6.45, 7) is 2.65. The Bertz CT molecular complexity index is 771. The molecular weight excluding hydrogens is 318 g/mol. The SMILES string of the molecule is CCOc1ccc(CN(C)S(=O)(=O)c2cnn(C)c2)cc1OC. The quantitative estimate of drug-likeness (QED) is 0.767. The smallest absolute Gasteiger partial charge is 0.246 e. The molecule has 2 rings (SSSR count). The van der Waals surface area contributed by atoms with Gasteiger partial charge in [-0.3, -0.25) is 4.68 Å². The van der Waals surface area contributed by atoms with Crippen molar-refractivity contribution in [3.63, 3.8) is 0 Å². The van der Waals surface area contributed by atoms with Gasteiger partial charge in [-0.05, 0) is 24.6 Å². The van der Waals surface area contributed by atoms with Gasteiger partial charge in [-0.1, -0.05) is 6.07 Å². The first kappa shape index (κ1) is 17.3. The normalized spacial score (nSPS) is 11.7. The highest BCUT2D eigenvalue weighted by molar-refractivity contribution is 7.89. The fraction of sp³-hybridized carbons (Fsp3) is 0.400. The van der Waals surface area contributed by atoms with Crippen LogP contribution in [0, 0.1) is 0 Å². The fourth-order valence-corrected chi connectivity index (χ4v) is 3.28. The number of benzene rings is 1. The van der Waals surface area contributed by atoms with Crippen molar-refractivity contribution in [3.05, 3.63) is 36.2 Å². The highest BCUT2D eigenvalue weighted by Crippen LogP contribution is 2.29. The van der Waals surface area contributed by atoms with Gasteiger partial charge in [0, 0.05) is 26.8 Å². The lowest BCUT2D eigenvalue weighted by Gasteiger charge is -2.17. The van der Waals surface area contributed by atoms with Crippen molar-refractivity contribution >= 4 is 10.0 Å². The zero-order valence-electron chi connectivity index (χ0n) is 13.7. The Morgan fingerprint density at radius 2 is 2.04 bits per heavy atom. The van der Waals surface area contributed by atoms with Crippen molar-refractivity contribution in [3.8, 4) is 11.5 Å². The summed E-state index contributed by atoms with van der Waals surface area (Å²) in [7, 11) is 1.18. The first-order valence-corrected chi connectivity index (χ1v) is 8.57. The van der Waals surface area contributed by atoms with E-state index in [0.717, 1.165) is 5.56 Å². The first-order valence-electron chi connectivity index (χ1n) is 7.13. The maximum Gasteiger partial charge on any atom is 0.246 e. The largest absolute Gasteiger partial charge is 0.493 e. The Morgan fingerprint density at radius 1 is 1.30 bits per heavy atom. The first-order chi connectivity index (χ1) is 10.9. The van der Waals surface area contributed by atoms with Crippen LogP contribution in [-0.4, -0.2) is 43.3 Å². The number of aryl methyl sites for hydroxylation is 1. The average Bonchev–Trinajstić information content (AvgIpc) is 2.96. The lowest BCUT2D eigenvalue weighted by molar-refractivity contribution is 0.310. The molecule has 0 aliphatic heterocycles. The number of rotatable bonds is 7. The van der Waals surface area contributed by atoms with Crippen molar-refractivity contribution in [2.75, 3.05) is 20.8 Å². The summed E-state index contributed by atoms with van der Waals surface area (Å²) in [4.78, 5) is 0.167. The van der Waals surface area contributed by atoms with E-state index in [4.69, 9.17) is 9.47 Å². The molecule has 23 heavy (non-hydrogen) atoms. The van der Waals surface area contributed by atoms with Gasteiger partial charge in [0.05, 0.1) is 19.9 Å². The van der Waals surface area contributed by atoms with Gasteiger partial charge in [0.15, 0.2) is 11.5 Å². The maximum absolute atomic E-state index is 12.5. The highest BCUT2D eigenvalue weighted by Gasteiger charge is 2.22. The van der Waals surface area contributed by atoms with Crippen LogP contribution < -0.4 is 9.47 Å². The van der Waals surface area contributed by atoms with Crippen LogP contribution in [0.15, 0.2) is 35.5 Å². The molecule has 0 bridgehead atoms. The van der Waals surface area contributed by atoms with Gasteiger partial charge in [-0.2, -0.15) is 9.40 Å². The third-order valence-electron chi connectivity index (χ3n) is 3.32. The molecule has 1 aromatic heterocycles. The molecule has 0 spiro atoms. The van der Waals surface area contributed by atoms with Crippen LogP contribution in [-0.2, 0) is 23.6 Å². The lowest BCUT2D eigenvalue weighted by Crippen LogP contribution is -2.26. The maximum atomic E-state index is 12.5. The molecule has 0 aliphatic carbocycles. The molecule has 0 saturated heterocycles. The van der Waals surface area contributed by atoms with Gasteiger partial charge < -0.3 is 9.47 Å². The number of methoxy groups -OCH3 is 1. The molecule has 126 valence electrons. The number of ether oxygens (including phenoxy) is 2. The second-order valence-corrected chi connectivity index (χ2v) is 7.07. The van der Waals surface area contributed by atoms with Crippen LogP contribution in [0.25, 0.3) is 0 Å². The van der Waals surface area contributed by atoms with Gasteiger partial charge in [-0.15, -0.1) is 0 Å². The number of hydrogen-bond acceptors (Lipinski definition) is 5. The Balaban J connectivity index is 2.21. The summed E-state index contributed by atoms with van der Waals surface area (Å²) in [5.74, 6) is 1.22. The topological polar surface area (TPSA) is 73.7 Å². The molecule has 0 radical (unpaired) electrons. The van der Waals surface area contributed by atoms with Crippen LogP contribution >= 0.6 is 0 Å². The summed E-state index contributed by atoms with van der Waals surface area (Å²) in [5, 5.41) is 3.91. The van der Waals surface area contributed by atoms with Gasteiger partial charge in [0.2, 0.25) is 10.0 Å². The molecule has 0 N–H and O–H groups in total. The molecule has 0 amide bonds. The van der Waals surface area contributed by atoms with E-state index in [9.17, 15) is 8.42 Å². The fourth-order valence-electron chi connectivity index (χ4n) is 2.14. The number of aromatic nitrogens is 2. The molecule has 8 heteroatoms. The van der Waals surface area contributed by atoms with Gasteiger partial charge >= 0.3 is 0 Å². The third kappa shape index (κ3) is 3.83. The summed E-state index contributed by atoms with van der Waals surface area (Å²) in [6.07, 6.45) is 2.81. The standard InChI is InChI=1S/C15H21N3O4S/c1-5-22-14-7-6-12(8-15(14)21-4)10-18(3)23(19,20)13-9-16-17(2)11-13/h6-9,11H,5,10H2,1-4H3. The van der Waals surface area contributed by atoms with E-state index in [2.05, 4.69) is 5.10 Å². The van der Waals surface area contributed by atoms with Crippen molar-refractivity contribution < 1.29 is 17.9 Å². The molecule has 0 unspecified atom stereocenters. The zero-order valence-corrected chi connectivity index (χ0v) is 14.5. The van der Waals surface area contributed by atoms with Crippen LogP contribution in [0.3, 0.4) is 0 Å². The summed E-state index contributed by atoms with van der Waals surface area (Å²) >= 11 is 0. The predicted octanol–water partition coefficient (Wildman–Crippen LogP) is 1.65. The Morgan fingerprint density at radius 3 is 2.61 bits per heavy atom. The molecule has 1 aromatic carbocycles. The number of hydrogen-bond donors (Lipinski definition) is 0. The molecule has 0 fully saturated rings. The minimum absolute atomic E-state index is 0.167. The predicted molar refractivity (Wildman–Crippen MR) is 86.0 cm³/mol. The lowest BCUT2D eigenvalue weighted by atomic mass is 10.2. The van der Waals surface area contributed by atoms with E-state index in [1.54, 1.807) is 26.3 Å². The Labute approximate surface area is 136 Å². The van der Waals surface area contributed by atoms with E-state index in [1.807, 2.05) is 13.0 Å². The molecule has 0 atom stereocenters.